The number of likely N-dealkylation sites (tertiary alicyclic amines) is 1. The van der Waals surface area contributed by atoms with E-state index in [0.717, 1.165) is 36.1 Å². The molecular formula is C30H38N2O6. The molecule has 2 amide bonds. The maximum atomic E-state index is 14.6. The molecule has 38 heavy (non-hydrogen) atoms. The van der Waals surface area contributed by atoms with Gasteiger partial charge in [-0.1, -0.05) is 56.4 Å². The van der Waals surface area contributed by atoms with Gasteiger partial charge >= 0.3 is 5.97 Å². The third-order valence-corrected chi connectivity index (χ3v) is 8.56. The molecule has 6 atom stereocenters. The van der Waals surface area contributed by atoms with Crippen molar-refractivity contribution in [3.63, 3.8) is 0 Å². The number of rotatable bonds is 4. The Morgan fingerprint density at radius 1 is 1.08 bits per heavy atom. The summed E-state index contributed by atoms with van der Waals surface area (Å²) in [6.45, 7) is 8.05. The van der Waals surface area contributed by atoms with Crippen LogP contribution in [0.4, 0.5) is 5.69 Å². The number of cyclic esters (lactones) is 1. The summed E-state index contributed by atoms with van der Waals surface area (Å²) in [5.74, 6) is -3.03. The number of allylic oxidation sites excluding steroid dienone is 1. The molecule has 0 aromatic heterocycles. The lowest BCUT2D eigenvalue weighted by Crippen LogP contribution is -2.59. The van der Waals surface area contributed by atoms with Crippen molar-refractivity contribution in [2.75, 3.05) is 24.7 Å². The van der Waals surface area contributed by atoms with E-state index in [0.29, 0.717) is 6.54 Å². The maximum absolute atomic E-state index is 14.6. The van der Waals surface area contributed by atoms with E-state index in [1.165, 1.54) is 4.90 Å². The molecule has 0 radical (unpaired) electrons. The smallest absolute Gasteiger partial charge is 0.312 e. The number of amides is 2. The van der Waals surface area contributed by atoms with E-state index in [1.54, 1.807) is 4.90 Å². The molecule has 1 spiro atoms. The lowest BCUT2D eigenvalue weighted by molar-refractivity contribution is -0.155. The maximum Gasteiger partial charge on any atom is 0.312 e. The van der Waals surface area contributed by atoms with Gasteiger partial charge in [0.1, 0.15) is 17.6 Å². The summed E-state index contributed by atoms with van der Waals surface area (Å²) in [5, 5.41) is 10.4. The van der Waals surface area contributed by atoms with Crippen LogP contribution in [-0.2, 0) is 23.9 Å². The van der Waals surface area contributed by atoms with E-state index in [9.17, 15) is 19.5 Å². The largest absolute Gasteiger partial charge is 0.465 e. The fraction of sp³-hybridized carbons (Fsp3) is 0.567. The van der Waals surface area contributed by atoms with Crippen LogP contribution in [0.1, 0.15) is 44.2 Å². The van der Waals surface area contributed by atoms with Crippen molar-refractivity contribution in [1.29, 1.82) is 0 Å². The summed E-state index contributed by atoms with van der Waals surface area (Å²) in [4.78, 5) is 45.6. The average Bonchev–Trinajstić information content (AvgIpc) is 3.26. The van der Waals surface area contributed by atoms with Crippen LogP contribution in [0.3, 0.4) is 0 Å². The summed E-state index contributed by atoms with van der Waals surface area (Å²) in [7, 11) is 0. The molecule has 4 aliphatic heterocycles. The Morgan fingerprint density at radius 2 is 1.82 bits per heavy atom. The van der Waals surface area contributed by atoms with Crippen LogP contribution in [0.15, 0.2) is 42.5 Å². The fourth-order valence-electron chi connectivity index (χ4n) is 6.77. The third kappa shape index (κ3) is 4.09. The fourth-order valence-corrected chi connectivity index (χ4v) is 6.77. The van der Waals surface area contributed by atoms with Crippen LogP contribution in [0.2, 0.25) is 0 Å². The van der Waals surface area contributed by atoms with E-state index in [2.05, 4.69) is 0 Å². The molecule has 5 rings (SSSR count). The van der Waals surface area contributed by atoms with E-state index in [1.807, 2.05) is 70.2 Å². The number of anilines is 1. The molecule has 4 aliphatic rings. The van der Waals surface area contributed by atoms with E-state index in [4.69, 9.17) is 9.47 Å². The van der Waals surface area contributed by atoms with Gasteiger partial charge in [0.05, 0.1) is 31.3 Å². The highest BCUT2D eigenvalue weighted by molar-refractivity contribution is 6.06. The highest BCUT2D eigenvalue weighted by Crippen LogP contribution is 2.54. The Kier molecular flexibility index (Phi) is 7.22. The number of fused-ring (bicyclic) bond motifs is 2. The molecule has 8 heteroatoms. The zero-order valence-electron chi connectivity index (χ0n) is 22.6. The summed E-state index contributed by atoms with van der Waals surface area (Å²) >= 11 is 0. The Labute approximate surface area is 224 Å². The first-order valence-electron chi connectivity index (χ1n) is 13.7. The average molecular weight is 523 g/mol. The van der Waals surface area contributed by atoms with E-state index >= 15 is 0 Å². The zero-order chi connectivity index (χ0) is 27.2. The molecule has 1 N–H and O–H groups in total. The monoisotopic (exact) mass is 522 g/mol. The summed E-state index contributed by atoms with van der Waals surface area (Å²) in [5.41, 5.74) is 1.35. The van der Waals surface area contributed by atoms with Crippen LogP contribution >= 0.6 is 0 Å². The summed E-state index contributed by atoms with van der Waals surface area (Å²) in [6.07, 6.45) is 9.34. The first-order valence-corrected chi connectivity index (χ1v) is 13.7. The van der Waals surface area contributed by atoms with Gasteiger partial charge in [-0.15, -0.1) is 0 Å². The Morgan fingerprint density at radius 3 is 2.50 bits per heavy atom. The molecule has 2 fully saturated rings. The first-order chi connectivity index (χ1) is 18.2. The molecule has 1 aromatic rings. The number of hydrogen-bond donors (Lipinski definition) is 1. The quantitative estimate of drug-likeness (QED) is 0.482. The molecule has 8 nitrogen and oxygen atoms in total. The van der Waals surface area contributed by atoms with Gasteiger partial charge < -0.3 is 24.4 Å². The predicted octanol–water partition coefficient (Wildman–Crippen LogP) is 3.09. The first kappa shape index (κ1) is 26.6. The van der Waals surface area contributed by atoms with Gasteiger partial charge in [0.25, 0.3) is 5.91 Å². The molecule has 204 valence electrons. The number of aliphatic hydroxyl groups is 1. The molecule has 0 saturated carbocycles. The summed E-state index contributed by atoms with van der Waals surface area (Å²) < 4.78 is 12.3. The highest BCUT2D eigenvalue weighted by atomic mass is 16.6. The molecule has 2 saturated heterocycles. The van der Waals surface area contributed by atoms with E-state index < -0.39 is 41.6 Å². The number of hydrogen-bond acceptors (Lipinski definition) is 6. The molecule has 0 aliphatic carbocycles. The SMILES string of the molecule is Cc1cccc(C)c1N1CC=C[C@]23O[C@H]4/C=C\CCCCOC(=O)[C@H]4[C@H]2C(=O)N([C@@H](CO)C(C)C)C3C1=O. The van der Waals surface area contributed by atoms with Crippen molar-refractivity contribution in [3.05, 3.63) is 53.6 Å². The lowest BCUT2D eigenvalue weighted by atomic mass is 9.77. The van der Waals surface area contributed by atoms with Crippen molar-refractivity contribution in [3.8, 4) is 0 Å². The topological polar surface area (TPSA) is 96.4 Å². The number of ether oxygens (including phenoxy) is 2. The van der Waals surface area contributed by atoms with Crippen LogP contribution in [0, 0.1) is 31.6 Å². The summed E-state index contributed by atoms with van der Waals surface area (Å²) in [6, 6.07) is 4.24. The van der Waals surface area contributed by atoms with Gasteiger partial charge in [-0.3, -0.25) is 14.4 Å². The standard InChI is InChI=1S/C30H38N2O6/c1-18(2)21(17-33)32-26-28(35)31(25-19(3)11-9-12-20(25)4)15-10-14-30(26)24(27(32)34)23-22(38-30)13-7-5-6-8-16-37-29(23)36/h7,9-14,18,21-24,26,33H,5-6,8,15-17H2,1-4H3/b13-7-/t21-,22-,23+,24-,26?,30-/m0/s1. The van der Waals surface area contributed by atoms with Crippen LogP contribution in [0.25, 0.3) is 0 Å². The van der Waals surface area contributed by atoms with Gasteiger partial charge in [-0.2, -0.15) is 0 Å². The number of esters is 1. The second kappa shape index (κ2) is 10.3. The van der Waals surface area contributed by atoms with Gasteiger partial charge in [-0.25, -0.2) is 0 Å². The number of benzene rings is 1. The number of aryl methyl sites for hydroxylation is 2. The lowest BCUT2D eigenvalue weighted by Gasteiger charge is -2.40. The number of carbonyl (C=O) groups is 3. The molecule has 1 unspecified atom stereocenters. The Bertz CT molecular complexity index is 1160. The second-order valence-electron chi connectivity index (χ2n) is 11.3. The van der Waals surface area contributed by atoms with Crippen molar-refractivity contribution >= 4 is 23.5 Å². The van der Waals surface area contributed by atoms with Crippen molar-refractivity contribution in [2.24, 2.45) is 17.8 Å². The second-order valence-corrected chi connectivity index (χ2v) is 11.3. The molecule has 4 heterocycles. The number of nitrogens with zero attached hydrogens (tertiary/aromatic N) is 2. The van der Waals surface area contributed by atoms with Crippen molar-refractivity contribution in [2.45, 2.75) is 70.7 Å². The van der Waals surface area contributed by atoms with Gasteiger partial charge in [-0.05, 0) is 50.2 Å². The number of aliphatic hydroxyl groups excluding tert-OH is 1. The van der Waals surface area contributed by atoms with Gasteiger partial charge in [0.2, 0.25) is 5.91 Å². The van der Waals surface area contributed by atoms with Gasteiger partial charge in [0.15, 0.2) is 0 Å². The number of carbonyl (C=O) groups excluding carboxylic acids is 3. The van der Waals surface area contributed by atoms with E-state index in [-0.39, 0.29) is 30.9 Å². The molecular weight excluding hydrogens is 484 g/mol. The molecule has 1 aromatic carbocycles. The van der Waals surface area contributed by atoms with Crippen LogP contribution < -0.4 is 4.90 Å². The van der Waals surface area contributed by atoms with Gasteiger partial charge in [0, 0.05) is 12.2 Å². The number of para-hydroxylation sites is 1. The third-order valence-electron chi connectivity index (χ3n) is 8.56. The van der Waals surface area contributed by atoms with Crippen molar-refractivity contribution < 1.29 is 29.0 Å². The molecule has 0 bridgehead atoms. The van der Waals surface area contributed by atoms with Crippen molar-refractivity contribution in [1.82, 2.24) is 4.90 Å². The van der Waals surface area contributed by atoms with Crippen LogP contribution in [-0.4, -0.2) is 71.3 Å². The minimum Gasteiger partial charge on any atom is -0.465 e. The minimum absolute atomic E-state index is 0.125. The Balaban J connectivity index is 1.68. The normalized spacial score (nSPS) is 32.9. The highest BCUT2D eigenvalue weighted by Gasteiger charge is 2.72. The zero-order valence-corrected chi connectivity index (χ0v) is 22.6. The predicted molar refractivity (Wildman–Crippen MR) is 142 cm³/mol. The van der Waals surface area contributed by atoms with Crippen LogP contribution in [0.5, 0.6) is 0 Å². The minimum atomic E-state index is -1.35. The Hall–Kier alpha value is -2.97.